The summed E-state index contributed by atoms with van der Waals surface area (Å²) in [5.41, 5.74) is 0.156. The van der Waals surface area contributed by atoms with Gasteiger partial charge in [0.25, 0.3) is 5.91 Å². The molecule has 1 aliphatic rings. The number of amides is 1. The molecule has 1 heterocycles. The Morgan fingerprint density at radius 1 is 1.45 bits per heavy atom. The van der Waals surface area contributed by atoms with Crippen LogP contribution in [0.15, 0.2) is 23.1 Å². The first-order chi connectivity index (χ1) is 9.30. The Bertz CT molecular complexity index is 685. The summed E-state index contributed by atoms with van der Waals surface area (Å²) in [6.07, 6.45) is 0. The molecule has 1 aliphatic heterocycles. The third-order valence-electron chi connectivity index (χ3n) is 2.95. The van der Waals surface area contributed by atoms with Gasteiger partial charge in [0, 0.05) is 12.1 Å². The molecule has 1 amide bonds. The predicted octanol–water partition coefficient (Wildman–Crippen LogP) is 1.02. The van der Waals surface area contributed by atoms with E-state index in [1.54, 1.807) is 0 Å². The van der Waals surface area contributed by atoms with E-state index >= 15 is 0 Å². The first-order valence-corrected chi connectivity index (χ1v) is 7.70. The average molecular weight is 318 g/mol. The summed E-state index contributed by atoms with van der Waals surface area (Å²) in [5.74, 6) is -1.91. The maximum atomic E-state index is 12.4. The van der Waals surface area contributed by atoms with Gasteiger partial charge in [-0.05, 0) is 25.1 Å². The second-order valence-electron chi connectivity index (χ2n) is 4.19. The Morgan fingerprint density at radius 3 is 2.70 bits per heavy atom. The molecule has 0 fully saturated rings. The number of fused-ring (bicyclic) bond motifs is 1. The number of hydrogen-bond acceptors (Lipinski definition) is 5. The van der Waals surface area contributed by atoms with Gasteiger partial charge in [0.05, 0.1) is 17.2 Å². The topological polar surface area (TPSA) is 80.8 Å². The minimum Gasteiger partial charge on any atom is -0.465 e. The molecule has 0 bridgehead atoms. The first-order valence-electron chi connectivity index (χ1n) is 5.78. The van der Waals surface area contributed by atoms with E-state index in [-0.39, 0.29) is 17.2 Å². The van der Waals surface area contributed by atoms with E-state index in [1.807, 2.05) is 0 Å². The van der Waals surface area contributed by atoms with Crippen molar-refractivity contribution in [3.05, 3.63) is 23.2 Å². The van der Waals surface area contributed by atoms with Crippen molar-refractivity contribution in [2.24, 2.45) is 0 Å². The molecule has 0 radical (unpaired) electrons. The lowest BCUT2D eigenvalue weighted by molar-refractivity contribution is -0.144. The van der Waals surface area contributed by atoms with Crippen LogP contribution in [0.3, 0.4) is 0 Å². The van der Waals surface area contributed by atoms with Gasteiger partial charge in [-0.3, -0.25) is 9.59 Å². The number of ether oxygens (including phenoxy) is 1. The predicted molar refractivity (Wildman–Crippen MR) is 72.5 cm³/mol. The monoisotopic (exact) mass is 317 g/mol. The Morgan fingerprint density at radius 2 is 2.10 bits per heavy atom. The lowest BCUT2D eigenvalue weighted by atomic mass is 10.2. The van der Waals surface area contributed by atoms with Crippen LogP contribution in [0, 0.1) is 0 Å². The van der Waals surface area contributed by atoms with Gasteiger partial charge in [-0.25, -0.2) is 8.42 Å². The van der Waals surface area contributed by atoms with Crippen molar-refractivity contribution in [3.63, 3.8) is 0 Å². The van der Waals surface area contributed by atoms with Crippen LogP contribution in [0.4, 0.5) is 5.69 Å². The molecule has 1 aromatic carbocycles. The zero-order valence-electron chi connectivity index (χ0n) is 10.8. The van der Waals surface area contributed by atoms with Crippen molar-refractivity contribution in [1.82, 2.24) is 0 Å². The Kier molecular flexibility index (Phi) is 3.75. The van der Waals surface area contributed by atoms with Crippen LogP contribution in [0.2, 0.25) is 5.02 Å². The van der Waals surface area contributed by atoms with Crippen molar-refractivity contribution in [2.45, 2.75) is 17.1 Å². The van der Waals surface area contributed by atoms with Crippen LogP contribution in [0.1, 0.15) is 6.92 Å². The third-order valence-corrected chi connectivity index (χ3v) is 5.16. The van der Waals surface area contributed by atoms with Crippen LogP contribution in [0.25, 0.3) is 0 Å². The van der Waals surface area contributed by atoms with Gasteiger partial charge in [-0.15, -0.1) is 0 Å². The SMILES string of the molecule is CCOC(=O)C1C(=O)N(C)c2cc(Cl)ccc2S1(=O)=O. The van der Waals surface area contributed by atoms with Gasteiger partial charge in [-0.1, -0.05) is 11.6 Å². The summed E-state index contributed by atoms with van der Waals surface area (Å²) in [6.45, 7) is 1.53. The molecule has 108 valence electrons. The van der Waals surface area contributed by atoms with Gasteiger partial charge in [0.1, 0.15) is 0 Å². The minimum atomic E-state index is -4.13. The van der Waals surface area contributed by atoms with Crippen LogP contribution in [-0.2, 0) is 24.2 Å². The molecule has 0 saturated carbocycles. The molecule has 1 atom stereocenters. The largest absolute Gasteiger partial charge is 0.465 e. The third kappa shape index (κ3) is 2.16. The summed E-state index contributed by atoms with van der Waals surface area (Å²) in [4.78, 5) is 24.9. The number of carbonyl (C=O) groups is 2. The van der Waals surface area contributed by atoms with Gasteiger partial charge in [0.2, 0.25) is 15.1 Å². The van der Waals surface area contributed by atoms with Crippen LogP contribution in [0.5, 0.6) is 0 Å². The minimum absolute atomic E-state index is 0.00464. The summed E-state index contributed by atoms with van der Waals surface area (Å²) < 4.78 is 29.5. The fourth-order valence-corrected chi connectivity index (χ4v) is 3.90. The van der Waals surface area contributed by atoms with Crippen LogP contribution < -0.4 is 4.90 Å². The normalized spacial score (nSPS) is 20.4. The lowest BCUT2D eigenvalue weighted by Gasteiger charge is -2.30. The highest BCUT2D eigenvalue weighted by atomic mass is 35.5. The van der Waals surface area contributed by atoms with Crippen molar-refractivity contribution >= 4 is 39.0 Å². The van der Waals surface area contributed by atoms with Crippen molar-refractivity contribution in [1.29, 1.82) is 0 Å². The fraction of sp³-hybridized carbons (Fsp3) is 0.333. The van der Waals surface area contributed by atoms with Crippen LogP contribution >= 0.6 is 11.6 Å². The zero-order chi connectivity index (χ0) is 15.1. The van der Waals surface area contributed by atoms with E-state index in [0.717, 1.165) is 4.90 Å². The number of nitrogens with zero attached hydrogens (tertiary/aromatic N) is 1. The summed E-state index contributed by atoms with van der Waals surface area (Å²) in [7, 11) is -2.74. The van der Waals surface area contributed by atoms with Gasteiger partial charge in [0.15, 0.2) is 0 Å². The highest BCUT2D eigenvalue weighted by Crippen LogP contribution is 2.35. The Labute approximate surface area is 121 Å². The smallest absolute Gasteiger partial charge is 0.334 e. The highest BCUT2D eigenvalue weighted by molar-refractivity contribution is 7.94. The Hall–Kier alpha value is -1.60. The molecule has 8 heteroatoms. The number of benzene rings is 1. The molecule has 0 spiro atoms. The molecule has 0 N–H and O–H groups in total. The molecule has 2 rings (SSSR count). The molecule has 0 aliphatic carbocycles. The molecule has 1 aromatic rings. The first kappa shape index (κ1) is 14.8. The maximum absolute atomic E-state index is 12.4. The number of halogens is 1. The van der Waals surface area contributed by atoms with Crippen molar-refractivity contribution in [2.75, 3.05) is 18.6 Å². The van der Waals surface area contributed by atoms with Crippen molar-refractivity contribution < 1.29 is 22.7 Å². The number of anilines is 1. The van der Waals surface area contributed by atoms with E-state index in [2.05, 4.69) is 4.74 Å². The zero-order valence-corrected chi connectivity index (χ0v) is 12.4. The van der Waals surface area contributed by atoms with E-state index in [4.69, 9.17) is 11.6 Å². The van der Waals surface area contributed by atoms with Gasteiger partial charge < -0.3 is 9.64 Å². The lowest BCUT2D eigenvalue weighted by Crippen LogP contribution is -2.50. The standard InChI is InChI=1S/C12H12ClNO5S/c1-3-19-12(16)10-11(15)14(2)8-6-7(13)4-5-9(8)20(10,17)18/h4-6,10H,3H2,1-2H3. The van der Waals surface area contributed by atoms with Gasteiger partial charge in [-0.2, -0.15) is 0 Å². The second-order valence-corrected chi connectivity index (χ2v) is 6.62. The Balaban J connectivity index is 2.64. The fourth-order valence-electron chi connectivity index (χ4n) is 1.99. The number of sulfone groups is 1. The molecule has 1 unspecified atom stereocenters. The number of rotatable bonds is 2. The van der Waals surface area contributed by atoms with E-state index < -0.39 is 27.0 Å². The van der Waals surface area contributed by atoms with Crippen molar-refractivity contribution in [3.8, 4) is 0 Å². The number of carbonyl (C=O) groups excluding carboxylic acids is 2. The van der Waals surface area contributed by atoms with E-state index in [0.29, 0.717) is 5.02 Å². The van der Waals surface area contributed by atoms with E-state index in [1.165, 1.54) is 32.2 Å². The highest BCUT2D eigenvalue weighted by Gasteiger charge is 2.48. The van der Waals surface area contributed by atoms with Gasteiger partial charge >= 0.3 is 5.97 Å². The summed E-state index contributed by atoms with van der Waals surface area (Å²) in [6, 6.07) is 4.04. The quantitative estimate of drug-likeness (QED) is 0.601. The number of hydrogen-bond donors (Lipinski definition) is 0. The molecule has 20 heavy (non-hydrogen) atoms. The molecule has 6 nitrogen and oxygen atoms in total. The molecule has 0 aromatic heterocycles. The maximum Gasteiger partial charge on any atom is 0.334 e. The second kappa shape index (κ2) is 5.06. The summed E-state index contributed by atoms with van der Waals surface area (Å²) >= 11 is 5.81. The molecular formula is C12H12ClNO5S. The molecule has 0 saturated heterocycles. The van der Waals surface area contributed by atoms with E-state index in [9.17, 15) is 18.0 Å². The summed E-state index contributed by atoms with van der Waals surface area (Å²) in [5, 5.41) is -1.56. The van der Waals surface area contributed by atoms with Crippen LogP contribution in [-0.4, -0.2) is 39.2 Å². The average Bonchev–Trinajstić information content (AvgIpc) is 2.36. The number of esters is 1. The molecular weight excluding hydrogens is 306 g/mol.